The number of nitrogens with one attached hydrogen (secondary N) is 2. The number of hydrogen-bond acceptors (Lipinski definition) is 2. The van der Waals surface area contributed by atoms with E-state index in [2.05, 4.69) is 10.3 Å². The van der Waals surface area contributed by atoms with Gasteiger partial charge in [-0.3, -0.25) is 4.79 Å². The van der Waals surface area contributed by atoms with Crippen molar-refractivity contribution in [2.24, 2.45) is 0 Å². The van der Waals surface area contributed by atoms with Gasteiger partial charge in [0, 0.05) is 23.8 Å². The number of rotatable bonds is 5. The Morgan fingerprint density at radius 3 is 3.06 bits per heavy atom. The minimum absolute atomic E-state index is 0.0954. The fraction of sp³-hybridized carbons (Fsp3) is 0.250. The average molecular weight is 234 g/mol. The van der Waals surface area contributed by atoms with Crippen LogP contribution in [0, 0.1) is 0 Å². The number of carbonyl (C=O) groups excluding carboxylic acids is 1. The summed E-state index contributed by atoms with van der Waals surface area (Å²) in [6.07, 6.45) is 5.21. The summed E-state index contributed by atoms with van der Waals surface area (Å²) in [4.78, 5) is 15.6. The predicted octanol–water partition coefficient (Wildman–Crippen LogP) is 1.98. The lowest BCUT2D eigenvalue weighted by Gasteiger charge is -2.02. The van der Waals surface area contributed by atoms with Gasteiger partial charge in [0.2, 0.25) is 5.91 Å². The molecule has 2 rings (SSSR count). The molecule has 0 aliphatic heterocycles. The van der Waals surface area contributed by atoms with Crippen molar-refractivity contribution in [2.45, 2.75) is 12.8 Å². The van der Waals surface area contributed by atoms with Gasteiger partial charge in [0.05, 0.1) is 6.42 Å². The number of hydrogen-bond donors (Lipinski definition) is 2. The maximum atomic E-state index is 11.5. The summed E-state index contributed by atoms with van der Waals surface area (Å²) in [6.45, 7) is 0.696. The molecule has 0 aliphatic rings. The van der Waals surface area contributed by atoms with Crippen LogP contribution in [0.2, 0.25) is 0 Å². The molecule has 0 unspecified atom stereocenters. The van der Waals surface area contributed by atoms with Gasteiger partial charge in [-0.25, -0.2) is 0 Å². The fourth-order valence-electron chi connectivity index (χ4n) is 1.49. The third-order valence-corrected chi connectivity index (χ3v) is 3.19. The monoisotopic (exact) mass is 234 g/mol. The normalized spacial score (nSPS) is 10.2. The van der Waals surface area contributed by atoms with Crippen LogP contribution in [0.4, 0.5) is 0 Å². The molecule has 1 amide bonds. The van der Waals surface area contributed by atoms with Crippen LogP contribution >= 0.6 is 11.3 Å². The molecule has 0 aliphatic carbocycles. The van der Waals surface area contributed by atoms with Gasteiger partial charge in [-0.2, -0.15) is 0 Å². The van der Waals surface area contributed by atoms with E-state index in [1.165, 1.54) is 5.56 Å². The van der Waals surface area contributed by atoms with Crippen molar-refractivity contribution in [3.8, 4) is 0 Å². The molecule has 0 radical (unpaired) electrons. The third kappa shape index (κ3) is 3.24. The van der Waals surface area contributed by atoms with Gasteiger partial charge >= 0.3 is 0 Å². The highest BCUT2D eigenvalue weighted by Gasteiger charge is 2.03. The van der Waals surface area contributed by atoms with Gasteiger partial charge in [0.1, 0.15) is 0 Å². The smallest absolute Gasteiger partial charge is 0.225 e. The molecule has 2 heterocycles. The molecule has 0 saturated heterocycles. The van der Waals surface area contributed by atoms with E-state index in [0.29, 0.717) is 13.0 Å². The first-order valence-electron chi connectivity index (χ1n) is 5.25. The van der Waals surface area contributed by atoms with Crippen LogP contribution in [0.3, 0.4) is 0 Å². The minimum atomic E-state index is 0.0954. The summed E-state index contributed by atoms with van der Waals surface area (Å²) >= 11 is 1.62. The lowest BCUT2D eigenvalue weighted by molar-refractivity contribution is -0.120. The standard InChI is InChI=1S/C12H14N2OS/c15-12(8-11-2-1-7-16-11)14-6-4-10-3-5-13-9-10/h1-3,5,7,9,13H,4,6,8H2,(H,14,15). The SMILES string of the molecule is O=C(Cc1cccs1)NCCc1cc[nH]c1. The summed E-state index contributed by atoms with van der Waals surface area (Å²) in [5.41, 5.74) is 1.22. The Hall–Kier alpha value is -1.55. The zero-order valence-electron chi connectivity index (χ0n) is 8.90. The number of aromatic nitrogens is 1. The van der Waals surface area contributed by atoms with Crippen LogP contribution in [0.5, 0.6) is 0 Å². The number of carbonyl (C=O) groups is 1. The van der Waals surface area contributed by atoms with Crippen molar-refractivity contribution >= 4 is 17.2 Å². The summed E-state index contributed by atoms with van der Waals surface area (Å²) in [5.74, 6) is 0.0954. The van der Waals surface area contributed by atoms with Crippen molar-refractivity contribution in [3.05, 3.63) is 46.4 Å². The van der Waals surface area contributed by atoms with Crippen LogP contribution in [-0.4, -0.2) is 17.4 Å². The highest BCUT2D eigenvalue weighted by Crippen LogP contribution is 2.08. The molecular formula is C12H14N2OS. The van der Waals surface area contributed by atoms with Crippen LogP contribution in [0.15, 0.2) is 36.0 Å². The predicted molar refractivity (Wildman–Crippen MR) is 65.5 cm³/mol. The quantitative estimate of drug-likeness (QED) is 0.816. The van der Waals surface area contributed by atoms with Crippen molar-refractivity contribution in [1.82, 2.24) is 10.3 Å². The van der Waals surface area contributed by atoms with Gasteiger partial charge in [-0.15, -0.1) is 11.3 Å². The molecule has 0 fully saturated rings. The minimum Gasteiger partial charge on any atom is -0.367 e. The van der Waals surface area contributed by atoms with Crippen LogP contribution in [0.25, 0.3) is 0 Å². The fourth-order valence-corrected chi connectivity index (χ4v) is 2.20. The molecule has 0 saturated carbocycles. The van der Waals surface area contributed by atoms with Crippen molar-refractivity contribution in [1.29, 1.82) is 0 Å². The molecule has 2 N–H and O–H groups in total. The van der Waals surface area contributed by atoms with E-state index in [1.807, 2.05) is 36.0 Å². The van der Waals surface area contributed by atoms with Gasteiger partial charge in [0.15, 0.2) is 0 Å². The Balaban J connectivity index is 1.68. The van der Waals surface area contributed by atoms with Crippen LogP contribution in [-0.2, 0) is 17.6 Å². The van der Waals surface area contributed by atoms with E-state index in [-0.39, 0.29) is 5.91 Å². The highest BCUT2D eigenvalue weighted by atomic mass is 32.1. The largest absolute Gasteiger partial charge is 0.367 e. The van der Waals surface area contributed by atoms with Crippen molar-refractivity contribution in [2.75, 3.05) is 6.54 Å². The average Bonchev–Trinajstić information content (AvgIpc) is 2.90. The first kappa shape index (κ1) is 11.0. The topological polar surface area (TPSA) is 44.9 Å². The second kappa shape index (κ2) is 5.51. The molecular weight excluding hydrogens is 220 g/mol. The second-order valence-electron chi connectivity index (χ2n) is 3.58. The maximum absolute atomic E-state index is 11.5. The number of H-pyrrole nitrogens is 1. The van der Waals surface area contributed by atoms with E-state index in [4.69, 9.17) is 0 Å². The first-order chi connectivity index (χ1) is 7.84. The number of thiophene rings is 1. The molecule has 0 aromatic carbocycles. The van der Waals surface area contributed by atoms with E-state index < -0.39 is 0 Å². The lowest BCUT2D eigenvalue weighted by Crippen LogP contribution is -2.26. The Kier molecular flexibility index (Phi) is 3.77. The van der Waals surface area contributed by atoms with E-state index in [9.17, 15) is 4.79 Å². The molecule has 16 heavy (non-hydrogen) atoms. The third-order valence-electron chi connectivity index (χ3n) is 2.31. The number of aromatic amines is 1. The lowest BCUT2D eigenvalue weighted by atomic mass is 10.2. The summed E-state index contributed by atoms with van der Waals surface area (Å²) < 4.78 is 0. The molecule has 0 atom stereocenters. The Labute approximate surface area is 98.5 Å². The summed E-state index contributed by atoms with van der Waals surface area (Å²) in [6, 6.07) is 5.97. The Morgan fingerprint density at radius 2 is 2.38 bits per heavy atom. The number of amides is 1. The van der Waals surface area contributed by atoms with Crippen LogP contribution < -0.4 is 5.32 Å². The molecule has 3 nitrogen and oxygen atoms in total. The summed E-state index contributed by atoms with van der Waals surface area (Å²) in [7, 11) is 0. The molecule has 4 heteroatoms. The van der Waals surface area contributed by atoms with Gasteiger partial charge in [-0.1, -0.05) is 6.07 Å². The Bertz CT molecular complexity index is 420. The molecule has 0 bridgehead atoms. The molecule has 2 aromatic rings. The molecule has 2 aromatic heterocycles. The zero-order chi connectivity index (χ0) is 11.2. The van der Waals surface area contributed by atoms with Gasteiger partial charge in [-0.05, 0) is 29.5 Å². The first-order valence-corrected chi connectivity index (χ1v) is 6.13. The second-order valence-corrected chi connectivity index (χ2v) is 4.61. The van der Waals surface area contributed by atoms with E-state index in [0.717, 1.165) is 11.3 Å². The van der Waals surface area contributed by atoms with Crippen molar-refractivity contribution in [3.63, 3.8) is 0 Å². The van der Waals surface area contributed by atoms with Gasteiger partial charge in [0.25, 0.3) is 0 Å². The van der Waals surface area contributed by atoms with Crippen LogP contribution in [0.1, 0.15) is 10.4 Å². The van der Waals surface area contributed by atoms with E-state index in [1.54, 1.807) is 11.3 Å². The molecule has 84 valence electrons. The molecule has 0 spiro atoms. The highest BCUT2D eigenvalue weighted by molar-refractivity contribution is 7.10. The zero-order valence-corrected chi connectivity index (χ0v) is 9.72. The van der Waals surface area contributed by atoms with Crippen molar-refractivity contribution < 1.29 is 4.79 Å². The summed E-state index contributed by atoms with van der Waals surface area (Å²) in [5, 5.41) is 4.90. The van der Waals surface area contributed by atoms with Gasteiger partial charge < -0.3 is 10.3 Å². The maximum Gasteiger partial charge on any atom is 0.225 e. The van der Waals surface area contributed by atoms with E-state index >= 15 is 0 Å². The Morgan fingerprint density at radius 1 is 1.44 bits per heavy atom.